The molecule has 1 N–H and O–H groups in total. The molecule has 0 unspecified atom stereocenters. The number of benzene rings is 1. The van der Waals surface area contributed by atoms with Crippen LogP contribution in [0.5, 0.6) is 0 Å². The Morgan fingerprint density at radius 1 is 0.889 bits per heavy atom. The smallest absolute Gasteiger partial charge is 0.285 e. The average Bonchev–Trinajstić information content (AvgIpc) is 2.36. The zero-order chi connectivity index (χ0) is 13.2. The van der Waals surface area contributed by atoms with Crippen molar-refractivity contribution in [3.8, 4) is 0 Å². The van der Waals surface area contributed by atoms with Gasteiger partial charge < -0.3 is 5.02 Å². The topological polar surface area (TPSA) is 20.2 Å². The Balaban J connectivity index is 2.23. The highest BCUT2D eigenvalue weighted by Gasteiger charge is 2.01. The largest absolute Gasteiger partial charge is 0.451 e. The Kier molecular flexibility index (Phi) is 7.83. The van der Waals surface area contributed by atoms with E-state index in [4.69, 9.17) is 0 Å². The molecule has 1 rings (SSSR count). The number of hydrogen-bond donors (Lipinski definition) is 1. The Morgan fingerprint density at radius 3 is 1.83 bits per heavy atom. The molecule has 18 heavy (non-hydrogen) atoms. The van der Waals surface area contributed by atoms with Gasteiger partial charge in [-0.15, -0.1) is 0 Å². The van der Waals surface area contributed by atoms with E-state index in [0.29, 0.717) is 0 Å². The maximum Gasteiger partial charge on any atom is 0.285 e. The molecule has 0 aliphatic rings. The third-order valence-electron chi connectivity index (χ3n) is 3.43. The molecule has 0 fully saturated rings. The van der Waals surface area contributed by atoms with Crippen LogP contribution in [0.15, 0.2) is 24.3 Å². The van der Waals surface area contributed by atoms with Crippen LogP contribution in [0.1, 0.15) is 50.2 Å². The van der Waals surface area contributed by atoms with Crippen molar-refractivity contribution in [3.05, 3.63) is 35.4 Å². The maximum absolute atomic E-state index is 9.19. The maximum atomic E-state index is 9.19. The lowest BCUT2D eigenvalue weighted by molar-refractivity contribution is 0.569. The van der Waals surface area contributed by atoms with Gasteiger partial charge in [0, 0.05) is 0 Å². The monoisotopic (exact) mass is 246 g/mol. The van der Waals surface area contributed by atoms with Crippen molar-refractivity contribution in [1.29, 1.82) is 0 Å². The van der Waals surface area contributed by atoms with E-state index in [9.17, 15) is 5.02 Å². The number of hydrogen-bond acceptors (Lipinski definition) is 1. The molecule has 0 aromatic heterocycles. The summed E-state index contributed by atoms with van der Waals surface area (Å²) in [5.74, 6) is 0. The van der Waals surface area contributed by atoms with Gasteiger partial charge in [0.1, 0.15) is 0 Å². The summed E-state index contributed by atoms with van der Waals surface area (Å²) >= 11 is 0. The SMILES string of the molecule is CCCCCc1ccc(CCCCB(C)O)cc1. The lowest BCUT2D eigenvalue weighted by atomic mass is 9.67. The van der Waals surface area contributed by atoms with Crippen molar-refractivity contribution in [2.75, 3.05) is 0 Å². The van der Waals surface area contributed by atoms with Gasteiger partial charge in [-0.2, -0.15) is 0 Å². The Bertz CT molecular complexity index is 305. The van der Waals surface area contributed by atoms with Gasteiger partial charge in [-0.1, -0.05) is 57.3 Å². The average molecular weight is 246 g/mol. The molecule has 0 aliphatic carbocycles. The molecule has 1 aromatic carbocycles. The first-order chi connectivity index (χ1) is 8.72. The van der Waals surface area contributed by atoms with E-state index < -0.39 is 0 Å². The normalized spacial score (nSPS) is 10.6. The molecule has 0 spiro atoms. The van der Waals surface area contributed by atoms with Crippen LogP contribution in [-0.4, -0.2) is 11.9 Å². The molecule has 100 valence electrons. The summed E-state index contributed by atoms with van der Waals surface area (Å²) in [4.78, 5) is 0. The number of rotatable bonds is 9. The quantitative estimate of drug-likeness (QED) is 0.507. The first kappa shape index (κ1) is 15.3. The fraction of sp³-hybridized carbons (Fsp3) is 0.625. The molecular weight excluding hydrogens is 219 g/mol. The predicted molar refractivity (Wildman–Crippen MR) is 81.3 cm³/mol. The van der Waals surface area contributed by atoms with Gasteiger partial charge in [-0.05, 0) is 43.1 Å². The molecule has 0 saturated heterocycles. The van der Waals surface area contributed by atoms with E-state index in [2.05, 4.69) is 31.2 Å². The third-order valence-corrected chi connectivity index (χ3v) is 3.43. The van der Waals surface area contributed by atoms with Gasteiger partial charge >= 0.3 is 0 Å². The van der Waals surface area contributed by atoms with Crippen LogP contribution < -0.4 is 0 Å². The second-order valence-electron chi connectivity index (χ2n) is 5.37. The van der Waals surface area contributed by atoms with Gasteiger partial charge in [0.15, 0.2) is 0 Å². The van der Waals surface area contributed by atoms with Gasteiger partial charge in [0.05, 0.1) is 0 Å². The van der Waals surface area contributed by atoms with Gasteiger partial charge in [0.2, 0.25) is 0 Å². The molecule has 0 heterocycles. The van der Waals surface area contributed by atoms with Crippen molar-refractivity contribution >= 4 is 6.92 Å². The predicted octanol–water partition coefficient (Wildman–Crippen LogP) is 4.36. The van der Waals surface area contributed by atoms with Gasteiger partial charge in [0.25, 0.3) is 6.92 Å². The fourth-order valence-electron chi connectivity index (χ4n) is 2.22. The van der Waals surface area contributed by atoms with Crippen LogP contribution in [-0.2, 0) is 12.8 Å². The van der Waals surface area contributed by atoms with Crippen molar-refractivity contribution in [2.24, 2.45) is 0 Å². The first-order valence-electron chi connectivity index (χ1n) is 7.48. The van der Waals surface area contributed by atoms with Crippen LogP contribution in [0.2, 0.25) is 13.1 Å². The minimum Gasteiger partial charge on any atom is -0.451 e. The van der Waals surface area contributed by atoms with Crippen LogP contribution >= 0.6 is 0 Å². The molecule has 0 atom stereocenters. The molecule has 0 bridgehead atoms. The molecule has 0 amide bonds. The first-order valence-corrected chi connectivity index (χ1v) is 7.48. The van der Waals surface area contributed by atoms with Crippen LogP contribution in [0.4, 0.5) is 0 Å². The molecule has 0 radical (unpaired) electrons. The van der Waals surface area contributed by atoms with E-state index in [-0.39, 0.29) is 6.92 Å². The second-order valence-corrected chi connectivity index (χ2v) is 5.37. The fourth-order valence-corrected chi connectivity index (χ4v) is 2.22. The van der Waals surface area contributed by atoms with Crippen molar-refractivity contribution < 1.29 is 5.02 Å². The van der Waals surface area contributed by atoms with E-state index in [1.165, 1.54) is 43.2 Å². The Labute approximate surface area is 113 Å². The summed E-state index contributed by atoms with van der Waals surface area (Å²) in [5, 5.41) is 9.19. The molecule has 1 nitrogen and oxygen atoms in total. The minimum atomic E-state index is -0.147. The number of unbranched alkanes of at least 4 members (excludes halogenated alkanes) is 3. The molecule has 1 aromatic rings. The Hall–Kier alpha value is -0.755. The standard InChI is InChI=1S/C16H27BO/c1-3-4-5-8-15-10-12-16(13-11-15)9-6-7-14-17(2)18/h10-13,18H,3-9,14H2,1-2H3. The van der Waals surface area contributed by atoms with Crippen LogP contribution in [0.25, 0.3) is 0 Å². The highest BCUT2D eigenvalue weighted by atomic mass is 16.2. The molecular formula is C16H27BO. The van der Waals surface area contributed by atoms with Gasteiger partial charge in [-0.3, -0.25) is 0 Å². The van der Waals surface area contributed by atoms with Crippen molar-refractivity contribution in [2.45, 2.75) is 65.0 Å². The van der Waals surface area contributed by atoms with Crippen LogP contribution in [0, 0.1) is 0 Å². The lowest BCUT2D eigenvalue weighted by Gasteiger charge is -2.05. The molecule has 2 heteroatoms. The summed E-state index contributed by atoms with van der Waals surface area (Å²) in [7, 11) is 0. The third kappa shape index (κ3) is 6.85. The zero-order valence-corrected chi connectivity index (χ0v) is 12.0. The van der Waals surface area contributed by atoms with Crippen molar-refractivity contribution in [3.63, 3.8) is 0 Å². The number of aryl methyl sites for hydroxylation is 2. The molecule has 0 saturated carbocycles. The minimum absolute atomic E-state index is 0.147. The summed E-state index contributed by atoms with van der Waals surface area (Å²) in [6, 6.07) is 9.09. The summed E-state index contributed by atoms with van der Waals surface area (Å²) in [6.07, 6.45) is 9.52. The Morgan fingerprint density at radius 2 is 1.39 bits per heavy atom. The summed E-state index contributed by atoms with van der Waals surface area (Å²) in [5.41, 5.74) is 2.90. The summed E-state index contributed by atoms with van der Waals surface area (Å²) in [6.45, 7) is 3.97. The van der Waals surface area contributed by atoms with E-state index in [1.54, 1.807) is 0 Å². The zero-order valence-electron chi connectivity index (χ0n) is 12.0. The highest BCUT2D eigenvalue weighted by molar-refractivity contribution is 6.48. The lowest BCUT2D eigenvalue weighted by Crippen LogP contribution is -2.04. The van der Waals surface area contributed by atoms with E-state index in [1.807, 2.05) is 6.82 Å². The highest BCUT2D eigenvalue weighted by Crippen LogP contribution is 2.12. The summed E-state index contributed by atoms with van der Waals surface area (Å²) < 4.78 is 0. The van der Waals surface area contributed by atoms with Crippen LogP contribution in [0.3, 0.4) is 0 Å². The van der Waals surface area contributed by atoms with E-state index in [0.717, 1.165) is 19.2 Å². The van der Waals surface area contributed by atoms with E-state index >= 15 is 0 Å². The van der Waals surface area contributed by atoms with Crippen molar-refractivity contribution in [1.82, 2.24) is 0 Å². The van der Waals surface area contributed by atoms with Gasteiger partial charge in [-0.25, -0.2) is 0 Å². The molecule has 0 aliphatic heterocycles. The second kappa shape index (κ2) is 9.21.